The van der Waals surface area contributed by atoms with Crippen molar-refractivity contribution in [3.63, 3.8) is 0 Å². The molecule has 0 bridgehead atoms. The molecule has 0 aromatic heterocycles. The van der Waals surface area contributed by atoms with E-state index in [0.29, 0.717) is 0 Å². The molecule has 4 nitrogen and oxygen atoms in total. The number of nitrogens with one attached hydrogen (secondary N) is 2. The van der Waals surface area contributed by atoms with Crippen LogP contribution >= 0.6 is 0 Å². The Morgan fingerprint density at radius 1 is 1.47 bits per heavy atom. The summed E-state index contributed by atoms with van der Waals surface area (Å²) < 4.78 is 0. The number of carbonyl (C=O) groups is 1. The highest BCUT2D eigenvalue weighted by Gasteiger charge is 2.30. The van der Waals surface area contributed by atoms with Crippen molar-refractivity contribution in [2.75, 3.05) is 32.7 Å². The smallest absolute Gasteiger partial charge is 0.217 e. The van der Waals surface area contributed by atoms with Crippen LogP contribution in [-0.4, -0.2) is 49.6 Å². The third kappa shape index (κ3) is 3.68. The van der Waals surface area contributed by atoms with Crippen LogP contribution in [0.2, 0.25) is 0 Å². The summed E-state index contributed by atoms with van der Waals surface area (Å²) >= 11 is 0. The first-order valence-electron chi connectivity index (χ1n) is 6.85. The molecule has 2 aliphatic rings. The van der Waals surface area contributed by atoms with Gasteiger partial charge >= 0.3 is 0 Å². The van der Waals surface area contributed by atoms with E-state index in [1.807, 2.05) is 0 Å². The Hall–Kier alpha value is -0.610. The molecule has 0 saturated carbocycles. The summed E-state index contributed by atoms with van der Waals surface area (Å²) in [5.41, 5.74) is 0. The van der Waals surface area contributed by atoms with Crippen LogP contribution in [0.5, 0.6) is 0 Å². The minimum Gasteiger partial charge on any atom is -0.353 e. The highest BCUT2D eigenvalue weighted by atomic mass is 16.1. The number of amides is 1. The van der Waals surface area contributed by atoms with E-state index in [4.69, 9.17) is 0 Å². The Labute approximate surface area is 104 Å². The van der Waals surface area contributed by atoms with Crippen molar-refractivity contribution in [2.24, 2.45) is 11.8 Å². The minimum atomic E-state index is 0.0780. The molecular formula is C13H25N3O. The van der Waals surface area contributed by atoms with Crippen molar-refractivity contribution < 1.29 is 4.79 Å². The van der Waals surface area contributed by atoms with Gasteiger partial charge in [0.2, 0.25) is 5.91 Å². The van der Waals surface area contributed by atoms with Gasteiger partial charge in [-0.05, 0) is 51.2 Å². The van der Waals surface area contributed by atoms with E-state index in [-0.39, 0.29) is 11.9 Å². The number of rotatable bonds is 4. The van der Waals surface area contributed by atoms with E-state index in [9.17, 15) is 4.79 Å². The maximum Gasteiger partial charge on any atom is 0.217 e. The second kappa shape index (κ2) is 5.83. The first kappa shape index (κ1) is 12.8. The quantitative estimate of drug-likeness (QED) is 0.748. The second-order valence-electron chi connectivity index (χ2n) is 5.68. The van der Waals surface area contributed by atoms with Crippen molar-refractivity contribution in [3.05, 3.63) is 0 Å². The van der Waals surface area contributed by atoms with Crippen molar-refractivity contribution in [1.82, 2.24) is 15.5 Å². The average molecular weight is 239 g/mol. The van der Waals surface area contributed by atoms with Gasteiger partial charge in [0.1, 0.15) is 0 Å². The lowest BCUT2D eigenvalue weighted by Crippen LogP contribution is -2.52. The molecule has 2 atom stereocenters. The summed E-state index contributed by atoms with van der Waals surface area (Å²) in [6, 6.07) is 0.269. The molecule has 0 spiro atoms. The van der Waals surface area contributed by atoms with E-state index in [2.05, 4.69) is 22.5 Å². The molecule has 2 heterocycles. The number of hydrogen-bond acceptors (Lipinski definition) is 3. The Bertz CT molecular complexity index is 265. The van der Waals surface area contributed by atoms with E-state index in [0.717, 1.165) is 18.4 Å². The fraction of sp³-hybridized carbons (Fsp3) is 0.923. The lowest BCUT2D eigenvalue weighted by atomic mass is 9.82. The Kier molecular flexibility index (Phi) is 4.40. The molecule has 1 amide bonds. The van der Waals surface area contributed by atoms with Gasteiger partial charge in [-0.1, -0.05) is 0 Å². The molecule has 0 radical (unpaired) electrons. The summed E-state index contributed by atoms with van der Waals surface area (Å²) in [7, 11) is 0. The van der Waals surface area contributed by atoms with Gasteiger partial charge in [-0.2, -0.15) is 0 Å². The summed E-state index contributed by atoms with van der Waals surface area (Å²) in [5.74, 6) is 1.85. The summed E-state index contributed by atoms with van der Waals surface area (Å²) in [4.78, 5) is 13.5. The molecule has 2 N–H and O–H groups in total. The van der Waals surface area contributed by atoms with Crippen molar-refractivity contribution in [3.8, 4) is 0 Å². The van der Waals surface area contributed by atoms with Crippen molar-refractivity contribution >= 4 is 5.91 Å². The average Bonchev–Trinajstić information content (AvgIpc) is 2.13. The van der Waals surface area contributed by atoms with Crippen LogP contribution in [0.25, 0.3) is 0 Å². The molecule has 2 fully saturated rings. The Morgan fingerprint density at radius 2 is 2.24 bits per heavy atom. The zero-order valence-corrected chi connectivity index (χ0v) is 11.0. The van der Waals surface area contributed by atoms with E-state index in [1.165, 1.54) is 39.0 Å². The van der Waals surface area contributed by atoms with Crippen LogP contribution in [-0.2, 0) is 4.79 Å². The summed E-state index contributed by atoms with van der Waals surface area (Å²) in [5, 5.41) is 6.33. The van der Waals surface area contributed by atoms with Gasteiger partial charge in [0, 0.05) is 26.1 Å². The van der Waals surface area contributed by atoms with Gasteiger partial charge in [0.25, 0.3) is 0 Å². The molecule has 2 rings (SSSR count). The van der Waals surface area contributed by atoms with Crippen LogP contribution in [0.4, 0.5) is 0 Å². The van der Waals surface area contributed by atoms with Crippen molar-refractivity contribution in [2.45, 2.75) is 32.7 Å². The highest BCUT2D eigenvalue weighted by molar-refractivity contribution is 5.73. The monoisotopic (exact) mass is 239 g/mol. The van der Waals surface area contributed by atoms with Gasteiger partial charge in [-0.25, -0.2) is 0 Å². The van der Waals surface area contributed by atoms with E-state index in [1.54, 1.807) is 6.92 Å². The molecule has 4 heteroatoms. The molecule has 0 aromatic carbocycles. The number of hydrogen-bond donors (Lipinski definition) is 2. The first-order chi connectivity index (χ1) is 8.15. The van der Waals surface area contributed by atoms with Gasteiger partial charge in [-0.15, -0.1) is 0 Å². The Morgan fingerprint density at radius 3 is 2.82 bits per heavy atom. The largest absolute Gasteiger partial charge is 0.353 e. The molecule has 0 aromatic rings. The zero-order chi connectivity index (χ0) is 12.3. The number of likely N-dealkylation sites (tertiary alicyclic amines) is 1. The fourth-order valence-corrected chi connectivity index (χ4v) is 3.07. The normalized spacial score (nSPS) is 28.5. The SMILES string of the molecule is CC(=O)NC(C)CN1CCC[C@H](C2CNC2)C1. The van der Waals surface area contributed by atoms with Crippen LogP contribution in [0.3, 0.4) is 0 Å². The van der Waals surface area contributed by atoms with Crippen molar-refractivity contribution in [1.29, 1.82) is 0 Å². The predicted octanol–water partition coefficient (Wildman–Crippen LogP) is 0.442. The Balaban J connectivity index is 1.74. The summed E-state index contributed by atoms with van der Waals surface area (Å²) in [6.45, 7) is 9.51. The molecule has 0 aliphatic carbocycles. The number of nitrogens with zero attached hydrogens (tertiary/aromatic N) is 1. The van der Waals surface area contributed by atoms with E-state index >= 15 is 0 Å². The van der Waals surface area contributed by atoms with Crippen LogP contribution in [0.15, 0.2) is 0 Å². The van der Waals surface area contributed by atoms with Crippen LogP contribution in [0.1, 0.15) is 26.7 Å². The topological polar surface area (TPSA) is 44.4 Å². The maximum absolute atomic E-state index is 11.0. The molecule has 1 unspecified atom stereocenters. The van der Waals surface area contributed by atoms with Gasteiger partial charge in [0.15, 0.2) is 0 Å². The van der Waals surface area contributed by atoms with Crippen LogP contribution < -0.4 is 10.6 Å². The maximum atomic E-state index is 11.0. The summed E-state index contributed by atoms with van der Waals surface area (Å²) in [6.07, 6.45) is 2.70. The third-order valence-corrected chi connectivity index (χ3v) is 4.00. The molecular weight excluding hydrogens is 214 g/mol. The van der Waals surface area contributed by atoms with E-state index < -0.39 is 0 Å². The lowest BCUT2D eigenvalue weighted by Gasteiger charge is -2.41. The standard InChI is InChI=1S/C13H25N3O/c1-10(15-11(2)17)8-16-5-3-4-12(9-16)13-6-14-7-13/h10,12-14H,3-9H2,1-2H3,(H,15,17)/t10?,12-/m0/s1. The fourth-order valence-electron chi connectivity index (χ4n) is 3.07. The van der Waals surface area contributed by atoms with Gasteiger partial charge in [-0.3, -0.25) is 4.79 Å². The number of carbonyl (C=O) groups excluding carboxylic acids is 1. The van der Waals surface area contributed by atoms with Gasteiger partial charge < -0.3 is 15.5 Å². The lowest BCUT2D eigenvalue weighted by molar-refractivity contribution is -0.119. The second-order valence-corrected chi connectivity index (χ2v) is 5.68. The molecule has 98 valence electrons. The minimum absolute atomic E-state index is 0.0780. The first-order valence-corrected chi connectivity index (χ1v) is 6.85. The third-order valence-electron chi connectivity index (χ3n) is 4.00. The number of piperidine rings is 1. The predicted molar refractivity (Wildman–Crippen MR) is 68.8 cm³/mol. The highest BCUT2D eigenvalue weighted by Crippen LogP contribution is 2.26. The van der Waals surface area contributed by atoms with Crippen LogP contribution in [0, 0.1) is 11.8 Å². The van der Waals surface area contributed by atoms with Gasteiger partial charge in [0.05, 0.1) is 0 Å². The molecule has 2 saturated heterocycles. The molecule has 2 aliphatic heterocycles. The molecule has 17 heavy (non-hydrogen) atoms. The zero-order valence-electron chi connectivity index (χ0n) is 11.0.